The molecule has 18 heavy (non-hydrogen) atoms. The molecule has 1 heteroatoms. The molecular formula is C17H14O. The third-order valence-corrected chi connectivity index (χ3v) is 2.69. The first-order valence-corrected chi connectivity index (χ1v) is 5.71. The molecule has 1 nitrogen and oxygen atoms in total. The van der Waals surface area contributed by atoms with Crippen LogP contribution in [0.1, 0.15) is 16.7 Å². The molecule has 0 amide bonds. The summed E-state index contributed by atoms with van der Waals surface area (Å²) in [6, 6.07) is 15.8. The van der Waals surface area contributed by atoms with Gasteiger partial charge in [0.15, 0.2) is 0 Å². The Labute approximate surface area is 108 Å². The maximum Gasteiger partial charge on any atom is 0.118 e. The molecule has 0 heterocycles. The Balaban J connectivity index is 2.22. The van der Waals surface area contributed by atoms with Gasteiger partial charge < -0.3 is 4.74 Å². The topological polar surface area (TPSA) is 9.23 Å². The first kappa shape index (κ1) is 12.0. The van der Waals surface area contributed by atoms with Gasteiger partial charge in [-0.05, 0) is 29.3 Å². The highest BCUT2D eigenvalue weighted by Crippen LogP contribution is 2.15. The van der Waals surface area contributed by atoms with Crippen molar-refractivity contribution in [2.45, 2.75) is 0 Å². The highest BCUT2D eigenvalue weighted by atomic mass is 16.5. The van der Waals surface area contributed by atoms with Crippen molar-refractivity contribution >= 4 is 12.2 Å². The quantitative estimate of drug-likeness (QED) is 0.579. The van der Waals surface area contributed by atoms with Gasteiger partial charge >= 0.3 is 0 Å². The van der Waals surface area contributed by atoms with Crippen molar-refractivity contribution < 1.29 is 4.74 Å². The molecule has 2 rings (SSSR count). The summed E-state index contributed by atoms with van der Waals surface area (Å²) < 4.78 is 5.12. The molecule has 0 fully saturated rings. The summed E-state index contributed by atoms with van der Waals surface area (Å²) in [5.74, 6) is 3.54. The molecule has 0 bridgehead atoms. The van der Waals surface area contributed by atoms with Gasteiger partial charge in [0.2, 0.25) is 0 Å². The van der Waals surface area contributed by atoms with Crippen molar-refractivity contribution in [1.82, 2.24) is 0 Å². The van der Waals surface area contributed by atoms with E-state index in [2.05, 4.69) is 5.92 Å². The average molecular weight is 234 g/mol. The maximum atomic E-state index is 5.46. The summed E-state index contributed by atoms with van der Waals surface area (Å²) >= 11 is 0. The smallest absolute Gasteiger partial charge is 0.118 e. The second kappa shape index (κ2) is 5.75. The third-order valence-electron chi connectivity index (χ3n) is 2.69. The zero-order chi connectivity index (χ0) is 12.8. The lowest BCUT2D eigenvalue weighted by Crippen LogP contribution is -1.82. The van der Waals surface area contributed by atoms with Crippen LogP contribution in [0.3, 0.4) is 0 Å². The molecule has 0 aliphatic heterocycles. The summed E-state index contributed by atoms with van der Waals surface area (Å²) in [6.45, 7) is 0. The van der Waals surface area contributed by atoms with Crippen molar-refractivity contribution in [3.8, 4) is 18.1 Å². The average Bonchev–Trinajstić information content (AvgIpc) is 2.46. The maximum absolute atomic E-state index is 5.46. The molecule has 0 saturated heterocycles. The first-order valence-electron chi connectivity index (χ1n) is 5.71. The minimum Gasteiger partial charge on any atom is -0.497 e. The highest BCUT2D eigenvalue weighted by Gasteiger charge is 1.94. The summed E-state index contributed by atoms with van der Waals surface area (Å²) in [7, 11) is 1.66. The van der Waals surface area contributed by atoms with Crippen LogP contribution in [0.5, 0.6) is 5.75 Å². The Morgan fingerprint density at radius 3 is 2.39 bits per heavy atom. The van der Waals surface area contributed by atoms with Gasteiger partial charge in [-0.25, -0.2) is 0 Å². The van der Waals surface area contributed by atoms with Gasteiger partial charge in [-0.3, -0.25) is 0 Å². The Morgan fingerprint density at radius 1 is 1.00 bits per heavy atom. The molecule has 2 aromatic rings. The molecule has 0 aliphatic carbocycles. The first-order chi connectivity index (χ1) is 8.83. The van der Waals surface area contributed by atoms with Crippen LogP contribution in [0.2, 0.25) is 0 Å². The fourth-order valence-corrected chi connectivity index (χ4v) is 1.67. The number of hydrogen-bond donors (Lipinski definition) is 0. The van der Waals surface area contributed by atoms with Crippen LogP contribution in [-0.4, -0.2) is 7.11 Å². The molecule has 0 saturated carbocycles. The van der Waals surface area contributed by atoms with Crippen LogP contribution in [0, 0.1) is 12.3 Å². The molecule has 2 aromatic carbocycles. The minimum atomic E-state index is 0.858. The van der Waals surface area contributed by atoms with E-state index < -0.39 is 0 Å². The monoisotopic (exact) mass is 234 g/mol. The van der Waals surface area contributed by atoms with Crippen LogP contribution in [0.25, 0.3) is 12.2 Å². The van der Waals surface area contributed by atoms with Crippen LogP contribution >= 0.6 is 0 Å². The summed E-state index contributed by atoms with van der Waals surface area (Å²) in [5, 5.41) is 0. The SMILES string of the molecule is C#Cc1ccccc1C=Cc1ccc(OC)cc1. The van der Waals surface area contributed by atoms with Crippen molar-refractivity contribution in [1.29, 1.82) is 0 Å². The van der Waals surface area contributed by atoms with E-state index in [4.69, 9.17) is 11.2 Å². The van der Waals surface area contributed by atoms with Crippen LogP contribution in [0.4, 0.5) is 0 Å². The Bertz CT molecular complexity index is 586. The zero-order valence-corrected chi connectivity index (χ0v) is 10.3. The van der Waals surface area contributed by atoms with E-state index in [0.29, 0.717) is 0 Å². The molecular weight excluding hydrogens is 220 g/mol. The van der Waals surface area contributed by atoms with Crippen LogP contribution < -0.4 is 4.74 Å². The lowest BCUT2D eigenvalue weighted by molar-refractivity contribution is 0.415. The largest absolute Gasteiger partial charge is 0.497 e. The highest BCUT2D eigenvalue weighted by molar-refractivity contribution is 5.72. The van der Waals surface area contributed by atoms with E-state index in [1.807, 2.05) is 60.7 Å². The lowest BCUT2D eigenvalue weighted by Gasteiger charge is -2.00. The van der Waals surface area contributed by atoms with Gasteiger partial charge in [0.05, 0.1) is 7.11 Å². The Kier molecular flexibility index (Phi) is 3.83. The van der Waals surface area contributed by atoms with E-state index in [9.17, 15) is 0 Å². The summed E-state index contributed by atoms with van der Waals surface area (Å²) in [6.07, 6.45) is 9.52. The molecule has 0 unspecified atom stereocenters. The van der Waals surface area contributed by atoms with Gasteiger partial charge in [0.1, 0.15) is 5.75 Å². The normalized spacial score (nSPS) is 10.2. The number of ether oxygens (including phenoxy) is 1. The lowest BCUT2D eigenvalue weighted by atomic mass is 10.1. The van der Waals surface area contributed by atoms with E-state index >= 15 is 0 Å². The van der Waals surface area contributed by atoms with E-state index in [1.54, 1.807) is 7.11 Å². The van der Waals surface area contributed by atoms with Crippen molar-refractivity contribution in [2.24, 2.45) is 0 Å². The standard InChI is InChI=1S/C17H14O/c1-3-15-6-4-5-7-16(15)11-8-14-9-12-17(18-2)13-10-14/h1,4-13H,2H3. The van der Waals surface area contributed by atoms with Crippen molar-refractivity contribution in [3.05, 3.63) is 65.2 Å². The third kappa shape index (κ3) is 2.81. The number of terminal acetylenes is 1. The number of benzene rings is 2. The van der Waals surface area contributed by atoms with Crippen LogP contribution in [-0.2, 0) is 0 Å². The van der Waals surface area contributed by atoms with Crippen molar-refractivity contribution in [2.75, 3.05) is 7.11 Å². The number of hydrogen-bond acceptors (Lipinski definition) is 1. The predicted octanol–water partition coefficient (Wildman–Crippen LogP) is 3.85. The Morgan fingerprint density at radius 2 is 1.72 bits per heavy atom. The molecule has 0 aromatic heterocycles. The van der Waals surface area contributed by atoms with E-state index in [0.717, 1.165) is 22.4 Å². The second-order valence-corrected chi connectivity index (χ2v) is 3.84. The second-order valence-electron chi connectivity index (χ2n) is 3.84. The van der Waals surface area contributed by atoms with E-state index in [-0.39, 0.29) is 0 Å². The summed E-state index contributed by atoms with van der Waals surface area (Å²) in [5.41, 5.74) is 3.07. The van der Waals surface area contributed by atoms with Gasteiger partial charge in [-0.1, -0.05) is 48.4 Å². The fourth-order valence-electron chi connectivity index (χ4n) is 1.67. The fraction of sp³-hybridized carbons (Fsp3) is 0.0588. The molecule has 0 spiro atoms. The molecule has 88 valence electrons. The summed E-state index contributed by atoms with van der Waals surface area (Å²) in [4.78, 5) is 0. The number of rotatable bonds is 3. The van der Waals surface area contributed by atoms with Gasteiger partial charge in [0, 0.05) is 5.56 Å². The van der Waals surface area contributed by atoms with Crippen LogP contribution in [0.15, 0.2) is 48.5 Å². The predicted molar refractivity (Wildman–Crippen MR) is 76.3 cm³/mol. The van der Waals surface area contributed by atoms with Gasteiger partial charge in [-0.2, -0.15) is 0 Å². The molecule has 0 atom stereocenters. The minimum absolute atomic E-state index is 0.858. The van der Waals surface area contributed by atoms with Gasteiger partial charge in [-0.15, -0.1) is 6.42 Å². The molecule has 0 radical (unpaired) electrons. The Hall–Kier alpha value is -2.46. The molecule has 0 N–H and O–H groups in total. The van der Waals surface area contributed by atoms with Gasteiger partial charge in [0.25, 0.3) is 0 Å². The van der Waals surface area contributed by atoms with E-state index in [1.165, 1.54) is 0 Å². The van der Waals surface area contributed by atoms with Crippen molar-refractivity contribution in [3.63, 3.8) is 0 Å². The molecule has 0 aliphatic rings. The number of methoxy groups -OCH3 is 1. The zero-order valence-electron chi connectivity index (χ0n) is 10.3.